The lowest BCUT2D eigenvalue weighted by atomic mass is 10.2. The van der Waals surface area contributed by atoms with Crippen LogP contribution >= 0.6 is 15.9 Å². The normalized spacial score (nSPS) is 13.8. The molecule has 2 heterocycles. The van der Waals surface area contributed by atoms with Crippen molar-refractivity contribution < 1.29 is 14.8 Å². The molecule has 1 saturated heterocycles. The van der Waals surface area contributed by atoms with Gasteiger partial charge in [0.15, 0.2) is 0 Å². The van der Waals surface area contributed by atoms with E-state index in [-0.39, 0.29) is 11.5 Å². The summed E-state index contributed by atoms with van der Waals surface area (Å²) in [6.45, 7) is 4.37. The lowest BCUT2D eigenvalue weighted by Crippen LogP contribution is -2.37. The van der Waals surface area contributed by atoms with Crippen LogP contribution in [-0.4, -0.2) is 57.5 Å². The van der Waals surface area contributed by atoms with Gasteiger partial charge >= 0.3 is 5.69 Å². The Morgan fingerprint density at radius 3 is 2.71 bits per heavy atom. The number of morpholine rings is 1. The molecule has 1 aromatic heterocycles. The van der Waals surface area contributed by atoms with Crippen LogP contribution in [0, 0.1) is 17.0 Å². The van der Waals surface area contributed by atoms with Crippen molar-refractivity contribution in [2.75, 3.05) is 41.9 Å². The first-order valence-corrected chi connectivity index (χ1v) is 11.1. The quantitative estimate of drug-likeness (QED) is 0.235. The van der Waals surface area contributed by atoms with Crippen LogP contribution < -0.4 is 15.6 Å². The smallest absolute Gasteiger partial charge is 0.311 e. The van der Waals surface area contributed by atoms with Crippen molar-refractivity contribution >= 4 is 51.4 Å². The second-order valence-corrected chi connectivity index (χ2v) is 8.19. The van der Waals surface area contributed by atoms with Gasteiger partial charge in [-0.15, -0.1) is 0 Å². The maximum Gasteiger partial charge on any atom is 0.311 e. The number of nitro benzene ring substituents is 1. The Morgan fingerprint density at radius 2 is 1.97 bits per heavy atom. The molecule has 0 atom stereocenters. The molecule has 0 bridgehead atoms. The Morgan fingerprint density at radius 1 is 1.21 bits per heavy atom. The third kappa shape index (κ3) is 5.55. The van der Waals surface area contributed by atoms with Gasteiger partial charge in [0, 0.05) is 29.2 Å². The average molecular weight is 529 g/mol. The largest absolute Gasteiger partial charge is 0.502 e. The fourth-order valence-electron chi connectivity index (χ4n) is 3.18. The molecule has 12 nitrogen and oxygen atoms in total. The first-order valence-electron chi connectivity index (χ1n) is 10.3. The van der Waals surface area contributed by atoms with Crippen LogP contribution in [0.15, 0.2) is 46.0 Å². The predicted octanol–water partition coefficient (Wildman–Crippen LogP) is 3.58. The van der Waals surface area contributed by atoms with Gasteiger partial charge in [0.1, 0.15) is 0 Å². The number of hydrogen-bond donors (Lipinski definition) is 3. The highest BCUT2D eigenvalue weighted by molar-refractivity contribution is 9.10. The van der Waals surface area contributed by atoms with Gasteiger partial charge in [-0.25, -0.2) is 5.43 Å². The van der Waals surface area contributed by atoms with Gasteiger partial charge < -0.3 is 20.1 Å². The molecular weight excluding hydrogens is 508 g/mol. The number of aromatic hydroxyl groups is 1. The lowest BCUT2D eigenvalue weighted by molar-refractivity contribution is -0.385. The number of benzene rings is 2. The van der Waals surface area contributed by atoms with E-state index >= 15 is 0 Å². The first kappa shape index (κ1) is 23.3. The maximum absolute atomic E-state index is 11.0. The van der Waals surface area contributed by atoms with Gasteiger partial charge in [0.2, 0.25) is 23.6 Å². The van der Waals surface area contributed by atoms with Crippen molar-refractivity contribution in [3.8, 4) is 5.75 Å². The van der Waals surface area contributed by atoms with Gasteiger partial charge in [0.05, 0.1) is 30.0 Å². The summed E-state index contributed by atoms with van der Waals surface area (Å²) in [5.74, 6) is 0.426. The van der Waals surface area contributed by atoms with E-state index < -0.39 is 16.4 Å². The number of rotatable bonds is 7. The number of halogens is 1. The second kappa shape index (κ2) is 10.4. The van der Waals surface area contributed by atoms with E-state index in [1.807, 2.05) is 30.0 Å². The third-order valence-corrected chi connectivity index (χ3v) is 5.56. The molecule has 1 fully saturated rings. The number of ether oxygens (including phenoxy) is 1. The minimum atomic E-state index is -0.665. The summed E-state index contributed by atoms with van der Waals surface area (Å²) >= 11 is 3.54. The summed E-state index contributed by atoms with van der Waals surface area (Å²) < 4.78 is 6.27. The number of nitrogens with one attached hydrogen (secondary N) is 2. The van der Waals surface area contributed by atoms with Crippen LogP contribution in [-0.2, 0) is 4.74 Å². The number of hydrogen-bond acceptors (Lipinski definition) is 11. The number of phenolic OH excluding ortho intramolecular Hbond substituents is 1. The number of para-hydroxylation sites is 1. The molecule has 0 radical (unpaired) electrons. The molecule has 3 aromatic rings. The van der Waals surface area contributed by atoms with E-state index in [2.05, 4.69) is 46.7 Å². The molecule has 4 rings (SSSR count). The van der Waals surface area contributed by atoms with Gasteiger partial charge in [-0.1, -0.05) is 12.1 Å². The molecule has 0 amide bonds. The molecule has 1 aliphatic heterocycles. The minimum Gasteiger partial charge on any atom is -0.502 e. The number of anilines is 4. The third-order valence-electron chi connectivity index (χ3n) is 4.90. The van der Waals surface area contributed by atoms with Crippen molar-refractivity contribution in [1.29, 1.82) is 0 Å². The molecule has 2 aromatic carbocycles. The standard InChI is InChI=1S/C21H21BrN8O4/c1-13-5-6-16(15(22)11-13)24-19-25-20(27-21(26-19)29-7-9-34-10-8-29)28-23-12-14-3-2-4-17(18(14)31)30(32)33/h2-6,11-12,31H,7-10H2,1H3,(H2,24,25,26,27,28)/b23-12+. The topological polar surface area (TPSA) is 151 Å². The van der Waals surface area contributed by atoms with Crippen molar-refractivity contribution in [3.63, 3.8) is 0 Å². The number of aryl methyl sites for hydroxylation is 1. The monoisotopic (exact) mass is 528 g/mol. The van der Waals surface area contributed by atoms with E-state index in [9.17, 15) is 15.2 Å². The highest BCUT2D eigenvalue weighted by Crippen LogP contribution is 2.28. The van der Waals surface area contributed by atoms with E-state index in [1.165, 1.54) is 24.4 Å². The Bertz CT molecular complexity index is 1230. The fourth-order valence-corrected chi connectivity index (χ4v) is 3.77. The van der Waals surface area contributed by atoms with Crippen LogP contribution in [0.4, 0.5) is 29.2 Å². The van der Waals surface area contributed by atoms with E-state index in [0.717, 1.165) is 15.7 Å². The fraction of sp³-hybridized carbons (Fsp3) is 0.238. The first-order chi connectivity index (χ1) is 16.4. The maximum atomic E-state index is 11.0. The number of phenols is 1. The molecule has 3 N–H and O–H groups in total. The number of aromatic nitrogens is 3. The lowest BCUT2D eigenvalue weighted by Gasteiger charge is -2.27. The van der Waals surface area contributed by atoms with Crippen LogP contribution in [0.25, 0.3) is 0 Å². The Labute approximate surface area is 203 Å². The van der Waals surface area contributed by atoms with E-state index in [4.69, 9.17) is 4.74 Å². The van der Waals surface area contributed by atoms with Crippen molar-refractivity contribution in [2.24, 2.45) is 5.10 Å². The molecule has 34 heavy (non-hydrogen) atoms. The molecule has 1 aliphatic rings. The minimum absolute atomic E-state index is 0.156. The van der Waals surface area contributed by atoms with Gasteiger partial charge in [0.25, 0.3) is 0 Å². The zero-order valence-electron chi connectivity index (χ0n) is 18.1. The molecule has 0 aliphatic carbocycles. The summed E-state index contributed by atoms with van der Waals surface area (Å²) in [7, 11) is 0. The summed E-state index contributed by atoms with van der Waals surface area (Å²) in [5.41, 5.74) is 4.36. The van der Waals surface area contributed by atoms with Crippen molar-refractivity contribution in [3.05, 3.63) is 62.1 Å². The molecule has 0 saturated carbocycles. The van der Waals surface area contributed by atoms with E-state index in [1.54, 1.807) is 0 Å². The molecule has 0 unspecified atom stereocenters. The highest BCUT2D eigenvalue weighted by atomic mass is 79.9. The Balaban J connectivity index is 1.60. The molecule has 176 valence electrons. The number of nitrogens with zero attached hydrogens (tertiary/aromatic N) is 6. The second-order valence-electron chi connectivity index (χ2n) is 7.33. The summed E-state index contributed by atoms with van der Waals surface area (Å²) in [4.78, 5) is 25.7. The van der Waals surface area contributed by atoms with Gasteiger partial charge in [-0.2, -0.15) is 20.1 Å². The van der Waals surface area contributed by atoms with Crippen LogP contribution in [0.3, 0.4) is 0 Å². The van der Waals surface area contributed by atoms with Gasteiger partial charge in [-0.3, -0.25) is 10.1 Å². The number of nitro groups is 1. The predicted molar refractivity (Wildman–Crippen MR) is 131 cm³/mol. The van der Waals surface area contributed by atoms with Gasteiger partial charge in [-0.05, 0) is 46.6 Å². The summed E-state index contributed by atoms with van der Waals surface area (Å²) in [6, 6.07) is 10.0. The zero-order valence-corrected chi connectivity index (χ0v) is 19.7. The van der Waals surface area contributed by atoms with Crippen LogP contribution in [0.2, 0.25) is 0 Å². The van der Waals surface area contributed by atoms with Crippen molar-refractivity contribution in [1.82, 2.24) is 15.0 Å². The summed E-state index contributed by atoms with van der Waals surface area (Å²) in [6.07, 6.45) is 1.25. The SMILES string of the molecule is Cc1ccc(Nc2nc(N/N=C/c3cccc([N+](=O)[O-])c3O)nc(N3CCOCC3)n2)c(Br)c1. The zero-order chi connectivity index (χ0) is 24.1. The Hall–Kier alpha value is -3.84. The Kier molecular flexibility index (Phi) is 7.13. The van der Waals surface area contributed by atoms with Crippen LogP contribution in [0.1, 0.15) is 11.1 Å². The summed E-state index contributed by atoms with van der Waals surface area (Å²) in [5, 5.41) is 28.3. The highest BCUT2D eigenvalue weighted by Gasteiger charge is 2.18. The molecular formula is C21H21BrN8O4. The average Bonchev–Trinajstić information content (AvgIpc) is 2.82. The van der Waals surface area contributed by atoms with Crippen LogP contribution in [0.5, 0.6) is 5.75 Å². The molecule has 13 heteroatoms. The molecule has 0 spiro atoms. The van der Waals surface area contributed by atoms with E-state index in [0.29, 0.717) is 38.2 Å². The number of hydrazone groups is 1. The van der Waals surface area contributed by atoms with Crippen molar-refractivity contribution in [2.45, 2.75) is 6.92 Å².